The van der Waals surface area contributed by atoms with Gasteiger partial charge in [0, 0.05) is 0 Å². The molecule has 0 unspecified atom stereocenters. The second kappa shape index (κ2) is 1.51. The van der Waals surface area contributed by atoms with Crippen molar-refractivity contribution >= 4 is 0 Å². The van der Waals surface area contributed by atoms with Gasteiger partial charge in [-0.25, -0.2) is 4.39 Å². The highest BCUT2D eigenvalue weighted by atomic mass is 19.3. The predicted molar refractivity (Wildman–Crippen MR) is 17.4 cm³/mol. The van der Waals surface area contributed by atoms with Crippen LogP contribution in [0.4, 0.5) is 8.92 Å². The van der Waals surface area contributed by atoms with Crippen LogP contribution in [-0.2, 0) is 4.94 Å². The maximum absolute atomic E-state index is 11.5. The molecule has 0 saturated heterocycles. The molecular formula is C3H6F2O. The normalized spacial score (nSPS) is 12.0. The van der Waals surface area contributed by atoms with Gasteiger partial charge in [0.2, 0.25) is 5.85 Å². The highest BCUT2D eigenvalue weighted by molar-refractivity contribution is 4.41. The second-order valence-corrected chi connectivity index (χ2v) is 1.44. The summed E-state index contributed by atoms with van der Waals surface area (Å²) in [5.41, 5.74) is 0. The number of hydrogen-bond acceptors (Lipinski definition) is 1. The Labute approximate surface area is 34.8 Å². The molecular weight excluding hydrogens is 90.0 g/mol. The van der Waals surface area contributed by atoms with Gasteiger partial charge in [0.1, 0.15) is 0 Å². The molecule has 0 aliphatic heterocycles. The molecule has 0 N–H and O–H groups in total. The Hall–Kier alpha value is -0.180. The molecule has 38 valence electrons. The zero-order valence-corrected chi connectivity index (χ0v) is 3.66. The Balaban J connectivity index is 3.17. The lowest BCUT2D eigenvalue weighted by molar-refractivity contribution is -0.275. The van der Waals surface area contributed by atoms with Crippen molar-refractivity contribution in [2.24, 2.45) is 0 Å². The number of alkyl halides is 1. The van der Waals surface area contributed by atoms with Crippen LogP contribution < -0.4 is 0 Å². The smallest absolute Gasteiger partial charge is 0.210 e. The third kappa shape index (κ3) is 3.82. The van der Waals surface area contributed by atoms with E-state index in [1.165, 1.54) is 0 Å². The molecule has 0 aromatic heterocycles. The molecule has 0 amide bonds. The van der Waals surface area contributed by atoms with Crippen molar-refractivity contribution in [1.29, 1.82) is 0 Å². The number of hydrogen-bond donors (Lipinski definition) is 0. The lowest BCUT2D eigenvalue weighted by Crippen LogP contribution is -2.10. The van der Waals surface area contributed by atoms with E-state index in [4.69, 9.17) is 0 Å². The molecule has 0 radical (unpaired) electrons. The molecule has 0 spiro atoms. The molecule has 1 nitrogen and oxygen atoms in total. The molecule has 0 atom stereocenters. The van der Waals surface area contributed by atoms with Crippen LogP contribution in [0.2, 0.25) is 0 Å². The third-order valence-corrected chi connectivity index (χ3v) is 0.183. The van der Waals surface area contributed by atoms with Crippen molar-refractivity contribution in [1.82, 2.24) is 0 Å². The summed E-state index contributed by atoms with van der Waals surface area (Å²) in [4.78, 5) is 2.77. The lowest BCUT2D eigenvalue weighted by atomic mass is 10.4. The lowest BCUT2D eigenvalue weighted by Gasteiger charge is -2.03. The van der Waals surface area contributed by atoms with Gasteiger partial charge >= 0.3 is 0 Å². The minimum atomic E-state index is -2.12. The van der Waals surface area contributed by atoms with Gasteiger partial charge in [0.05, 0.1) is 0 Å². The zero-order chi connectivity index (χ0) is 5.21. The van der Waals surface area contributed by atoms with Crippen molar-refractivity contribution in [2.45, 2.75) is 19.7 Å². The topological polar surface area (TPSA) is 9.23 Å². The predicted octanol–water partition coefficient (Wildman–Crippen LogP) is 1.59. The highest BCUT2D eigenvalue weighted by Crippen LogP contribution is 2.08. The van der Waals surface area contributed by atoms with E-state index < -0.39 is 5.85 Å². The number of rotatable bonds is 1. The first kappa shape index (κ1) is 5.82. The van der Waals surface area contributed by atoms with Gasteiger partial charge in [-0.3, -0.25) is 0 Å². The largest absolute Gasteiger partial charge is 0.240 e. The SMILES string of the molecule is CC(C)(F)OF. The van der Waals surface area contributed by atoms with Gasteiger partial charge in [0.15, 0.2) is 0 Å². The molecule has 3 heteroatoms. The molecule has 0 rings (SSSR count). The van der Waals surface area contributed by atoms with Crippen molar-refractivity contribution in [3.8, 4) is 0 Å². The van der Waals surface area contributed by atoms with E-state index in [1.807, 2.05) is 0 Å². The molecule has 0 heterocycles. The quantitative estimate of drug-likeness (QED) is 0.481. The molecule has 0 aliphatic carbocycles. The van der Waals surface area contributed by atoms with E-state index in [0.29, 0.717) is 0 Å². The van der Waals surface area contributed by atoms with Crippen LogP contribution in [0.25, 0.3) is 0 Å². The van der Waals surface area contributed by atoms with Crippen LogP contribution in [0, 0.1) is 0 Å². The fraction of sp³-hybridized carbons (Fsp3) is 1.00. The minimum Gasteiger partial charge on any atom is -0.210 e. The van der Waals surface area contributed by atoms with Crippen LogP contribution in [0.3, 0.4) is 0 Å². The van der Waals surface area contributed by atoms with Crippen molar-refractivity contribution < 1.29 is 13.9 Å². The summed E-state index contributed by atoms with van der Waals surface area (Å²) in [6, 6.07) is 0. The Morgan fingerprint density at radius 2 is 1.67 bits per heavy atom. The van der Waals surface area contributed by atoms with Crippen molar-refractivity contribution in [3.05, 3.63) is 0 Å². The second-order valence-electron chi connectivity index (χ2n) is 1.44. The summed E-state index contributed by atoms with van der Waals surface area (Å²) in [6.07, 6.45) is 0. The Morgan fingerprint density at radius 3 is 1.67 bits per heavy atom. The summed E-state index contributed by atoms with van der Waals surface area (Å²) in [5, 5.41) is 0. The molecule has 0 bridgehead atoms. The van der Waals surface area contributed by atoms with E-state index >= 15 is 0 Å². The summed E-state index contributed by atoms with van der Waals surface area (Å²) >= 11 is 0. The standard InChI is InChI=1S/C3H6F2O/c1-3(2,4)6-5/h1-2H3. The minimum absolute atomic E-state index is 0.979. The fourth-order valence-corrected chi connectivity index (χ4v) is 0. The summed E-state index contributed by atoms with van der Waals surface area (Å²) < 4.78 is 22.1. The summed E-state index contributed by atoms with van der Waals surface area (Å²) in [7, 11) is 0. The van der Waals surface area contributed by atoms with Crippen molar-refractivity contribution in [3.63, 3.8) is 0 Å². The average Bonchev–Trinajstić information content (AvgIpc) is 1.35. The Kier molecular flexibility index (Phi) is 1.47. The fourth-order valence-electron chi connectivity index (χ4n) is 0. The Morgan fingerprint density at radius 1 is 1.50 bits per heavy atom. The first-order chi connectivity index (χ1) is 2.56. The van der Waals surface area contributed by atoms with E-state index in [2.05, 4.69) is 4.94 Å². The third-order valence-electron chi connectivity index (χ3n) is 0.183. The van der Waals surface area contributed by atoms with Gasteiger partial charge < -0.3 is 0 Å². The molecule has 0 fully saturated rings. The Bertz CT molecular complexity index is 38.5. The van der Waals surface area contributed by atoms with E-state index in [1.54, 1.807) is 0 Å². The van der Waals surface area contributed by atoms with Crippen LogP contribution in [-0.4, -0.2) is 5.85 Å². The van der Waals surface area contributed by atoms with E-state index in [9.17, 15) is 8.92 Å². The molecule has 0 aromatic rings. The average molecular weight is 96.1 g/mol. The molecule has 6 heavy (non-hydrogen) atoms. The molecule has 0 saturated carbocycles. The summed E-state index contributed by atoms with van der Waals surface area (Å²) in [5.74, 6) is -2.12. The van der Waals surface area contributed by atoms with Crippen LogP contribution >= 0.6 is 0 Å². The first-order valence-electron chi connectivity index (χ1n) is 1.55. The number of halogens is 2. The van der Waals surface area contributed by atoms with Crippen LogP contribution in [0.15, 0.2) is 0 Å². The highest BCUT2D eigenvalue weighted by Gasteiger charge is 2.14. The molecule has 0 aliphatic rings. The first-order valence-corrected chi connectivity index (χ1v) is 1.55. The summed E-state index contributed by atoms with van der Waals surface area (Å²) in [6.45, 7) is 1.96. The van der Waals surface area contributed by atoms with Gasteiger partial charge in [0.25, 0.3) is 0 Å². The van der Waals surface area contributed by atoms with E-state index in [0.717, 1.165) is 13.8 Å². The van der Waals surface area contributed by atoms with Gasteiger partial charge in [-0.05, 0) is 18.4 Å². The van der Waals surface area contributed by atoms with Crippen LogP contribution in [0.1, 0.15) is 13.8 Å². The monoisotopic (exact) mass is 96.0 g/mol. The molecule has 0 aromatic carbocycles. The van der Waals surface area contributed by atoms with E-state index in [-0.39, 0.29) is 0 Å². The van der Waals surface area contributed by atoms with Crippen molar-refractivity contribution in [2.75, 3.05) is 0 Å². The van der Waals surface area contributed by atoms with Crippen LogP contribution in [0.5, 0.6) is 0 Å². The van der Waals surface area contributed by atoms with Gasteiger partial charge in [-0.1, -0.05) is 0 Å². The maximum atomic E-state index is 11.5. The van der Waals surface area contributed by atoms with Gasteiger partial charge in [-0.15, -0.1) is 0 Å². The maximum Gasteiger partial charge on any atom is 0.240 e. The zero-order valence-electron chi connectivity index (χ0n) is 3.66. The van der Waals surface area contributed by atoms with Gasteiger partial charge in [-0.2, -0.15) is 4.94 Å².